The summed E-state index contributed by atoms with van der Waals surface area (Å²) in [5.74, 6) is 0.0146. The van der Waals surface area contributed by atoms with Crippen molar-refractivity contribution in [2.75, 3.05) is 6.61 Å². The van der Waals surface area contributed by atoms with E-state index in [1.165, 1.54) is 12.3 Å². The Morgan fingerprint density at radius 3 is 2.83 bits per heavy atom. The molecule has 1 amide bonds. The molecule has 0 unspecified atom stereocenters. The predicted octanol–water partition coefficient (Wildman–Crippen LogP) is 2.85. The van der Waals surface area contributed by atoms with Crippen LogP contribution in [-0.2, 0) is 4.79 Å². The molecule has 0 atom stereocenters. The van der Waals surface area contributed by atoms with E-state index in [2.05, 4.69) is 16.9 Å². The number of pyridine rings is 1. The third-order valence-corrected chi connectivity index (χ3v) is 2.47. The predicted molar refractivity (Wildman–Crippen MR) is 72.2 cm³/mol. The molecule has 0 saturated carbocycles. The van der Waals surface area contributed by atoms with E-state index >= 15 is 0 Å². The molecule has 98 valence electrons. The van der Waals surface area contributed by atoms with E-state index in [-0.39, 0.29) is 18.4 Å². The standard InChI is InChI=1S/C12H14Cl2N2O2/c1-4-10(17)16-12(2,3)7-18-11-9(14)5-8(13)6-15-11/h4-6H,1,7H2,2-3H3,(H,16,17). The fourth-order valence-electron chi connectivity index (χ4n) is 1.18. The fraction of sp³-hybridized carbons (Fsp3) is 0.333. The fourth-order valence-corrected chi connectivity index (χ4v) is 1.61. The van der Waals surface area contributed by atoms with Crippen LogP contribution in [0.5, 0.6) is 5.88 Å². The third kappa shape index (κ3) is 4.55. The lowest BCUT2D eigenvalue weighted by Crippen LogP contribution is -2.47. The van der Waals surface area contributed by atoms with Gasteiger partial charge in [0.1, 0.15) is 11.6 Å². The monoisotopic (exact) mass is 288 g/mol. The smallest absolute Gasteiger partial charge is 0.243 e. The van der Waals surface area contributed by atoms with Crippen molar-refractivity contribution in [2.24, 2.45) is 0 Å². The van der Waals surface area contributed by atoms with Gasteiger partial charge in [0.05, 0.1) is 10.6 Å². The number of aromatic nitrogens is 1. The van der Waals surface area contributed by atoms with E-state index in [0.29, 0.717) is 10.0 Å². The lowest BCUT2D eigenvalue weighted by Gasteiger charge is -2.25. The highest BCUT2D eigenvalue weighted by atomic mass is 35.5. The second-order valence-electron chi connectivity index (χ2n) is 4.31. The van der Waals surface area contributed by atoms with Crippen LogP contribution in [0.15, 0.2) is 24.9 Å². The van der Waals surface area contributed by atoms with Crippen LogP contribution in [0, 0.1) is 0 Å². The van der Waals surface area contributed by atoms with Crippen LogP contribution in [0.3, 0.4) is 0 Å². The molecular formula is C12H14Cl2N2O2. The average molecular weight is 289 g/mol. The average Bonchev–Trinajstić information content (AvgIpc) is 2.27. The van der Waals surface area contributed by atoms with Crippen LogP contribution in [0.4, 0.5) is 0 Å². The van der Waals surface area contributed by atoms with Gasteiger partial charge in [-0.05, 0) is 26.0 Å². The van der Waals surface area contributed by atoms with Gasteiger partial charge >= 0.3 is 0 Å². The van der Waals surface area contributed by atoms with E-state index in [1.807, 2.05) is 13.8 Å². The molecule has 1 N–H and O–H groups in total. The zero-order valence-corrected chi connectivity index (χ0v) is 11.7. The number of halogens is 2. The minimum absolute atomic E-state index is 0.223. The maximum absolute atomic E-state index is 11.2. The number of carbonyl (C=O) groups excluding carboxylic acids is 1. The van der Waals surface area contributed by atoms with Gasteiger partial charge in [-0.15, -0.1) is 0 Å². The lowest BCUT2D eigenvalue weighted by molar-refractivity contribution is -0.118. The second kappa shape index (κ2) is 6.07. The first-order valence-corrected chi connectivity index (χ1v) is 5.98. The van der Waals surface area contributed by atoms with Gasteiger partial charge < -0.3 is 10.1 Å². The Morgan fingerprint density at radius 2 is 2.28 bits per heavy atom. The summed E-state index contributed by atoms with van der Waals surface area (Å²) in [5.41, 5.74) is -0.560. The van der Waals surface area contributed by atoms with Crippen LogP contribution >= 0.6 is 23.2 Å². The maximum Gasteiger partial charge on any atom is 0.243 e. The number of amides is 1. The molecule has 1 heterocycles. The Morgan fingerprint density at radius 1 is 1.61 bits per heavy atom. The number of hydrogen-bond acceptors (Lipinski definition) is 3. The Hall–Kier alpha value is -1.26. The van der Waals surface area contributed by atoms with Crippen LogP contribution in [-0.4, -0.2) is 23.0 Å². The molecule has 1 aromatic rings. The topological polar surface area (TPSA) is 51.2 Å². The number of rotatable bonds is 5. The van der Waals surface area contributed by atoms with E-state index in [9.17, 15) is 4.79 Å². The zero-order chi connectivity index (χ0) is 13.8. The van der Waals surface area contributed by atoms with Crippen molar-refractivity contribution in [3.05, 3.63) is 35.0 Å². The number of hydrogen-bond donors (Lipinski definition) is 1. The zero-order valence-electron chi connectivity index (χ0n) is 10.2. The largest absolute Gasteiger partial charge is 0.474 e. The summed E-state index contributed by atoms with van der Waals surface area (Å²) < 4.78 is 5.45. The van der Waals surface area contributed by atoms with Crippen molar-refractivity contribution in [3.63, 3.8) is 0 Å². The van der Waals surface area contributed by atoms with Crippen molar-refractivity contribution in [2.45, 2.75) is 19.4 Å². The minimum atomic E-state index is -0.560. The summed E-state index contributed by atoms with van der Waals surface area (Å²) in [6.45, 7) is 7.24. The summed E-state index contributed by atoms with van der Waals surface area (Å²) in [5, 5.41) is 3.49. The van der Waals surface area contributed by atoms with Crippen molar-refractivity contribution < 1.29 is 9.53 Å². The number of nitrogens with zero attached hydrogens (tertiary/aromatic N) is 1. The summed E-state index contributed by atoms with van der Waals surface area (Å²) in [6.07, 6.45) is 2.65. The van der Waals surface area contributed by atoms with Crippen molar-refractivity contribution >= 4 is 29.1 Å². The van der Waals surface area contributed by atoms with Gasteiger partial charge in [-0.2, -0.15) is 0 Å². The van der Waals surface area contributed by atoms with Gasteiger partial charge in [0.15, 0.2) is 0 Å². The first-order chi connectivity index (χ1) is 8.34. The number of ether oxygens (including phenoxy) is 1. The molecule has 1 rings (SSSR count). The lowest BCUT2D eigenvalue weighted by atomic mass is 10.1. The van der Waals surface area contributed by atoms with Gasteiger partial charge in [0.2, 0.25) is 11.8 Å². The minimum Gasteiger partial charge on any atom is -0.474 e. The summed E-state index contributed by atoms with van der Waals surface area (Å²) in [4.78, 5) is 15.2. The molecule has 6 heteroatoms. The van der Waals surface area contributed by atoms with Crippen LogP contribution in [0.25, 0.3) is 0 Å². The normalized spacial score (nSPS) is 10.9. The quantitative estimate of drug-likeness (QED) is 0.848. The molecular weight excluding hydrogens is 275 g/mol. The highest BCUT2D eigenvalue weighted by molar-refractivity contribution is 6.35. The Bertz CT molecular complexity index is 461. The first-order valence-electron chi connectivity index (χ1n) is 5.22. The van der Waals surface area contributed by atoms with E-state index in [4.69, 9.17) is 27.9 Å². The Kier molecular flexibility index (Phi) is 4.99. The van der Waals surface area contributed by atoms with Crippen LogP contribution < -0.4 is 10.1 Å². The summed E-state index contributed by atoms with van der Waals surface area (Å²) in [7, 11) is 0. The SMILES string of the molecule is C=CC(=O)NC(C)(C)COc1ncc(Cl)cc1Cl. The van der Waals surface area contributed by atoms with E-state index < -0.39 is 5.54 Å². The number of carbonyl (C=O) groups is 1. The van der Waals surface area contributed by atoms with Gasteiger partial charge in [-0.25, -0.2) is 4.98 Å². The van der Waals surface area contributed by atoms with Gasteiger partial charge in [-0.3, -0.25) is 4.79 Å². The first kappa shape index (κ1) is 14.8. The molecule has 0 aliphatic heterocycles. The van der Waals surface area contributed by atoms with Gasteiger partial charge in [0, 0.05) is 6.20 Å². The Labute approximate surface area is 116 Å². The molecule has 0 saturated heterocycles. The highest BCUT2D eigenvalue weighted by Crippen LogP contribution is 2.25. The molecule has 18 heavy (non-hydrogen) atoms. The molecule has 0 spiro atoms. The molecule has 0 fully saturated rings. The molecule has 0 radical (unpaired) electrons. The molecule has 0 aromatic carbocycles. The highest BCUT2D eigenvalue weighted by Gasteiger charge is 2.21. The Balaban J connectivity index is 2.63. The second-order valence-corrected chi connectivity index (χ2v) is 5.15. The molecule has 4 nitrogen and oxygen atoms in total. The molecule has 0 aliphatic carbocycles. The maximum atomic E-state index is 11.2. The molecule has 0 bridgehead atoms. The van der Waals surface area contributed by atoms with Gasteiger partial charge in [0.25, 0.3) is 0 Å². The van der Waals surface area contributed by atoms with Crippen molar-refractivity contribution in [1.29, 1.82) is 0 Å². The molecule has 1 aromatic heterocycles. The van der Waals surface area contributed by atoms with Crippen LogP contribution in [0.1, 0.15) is 13.8 Å². The molecule has 0 aliphatic rings. The van der Waals surface area contributed by atoms with Crippen molar-refractivity contribution in [1.82, 2.24) is 10.3 Å². The van der Waals surface area contributed by atoms with Gasteiger partial charge in [-0.1, -0.05) is 29.8 Å². The van der Waals surface area contributed by atoms with E-state index in [0.717, 1.165) is 0 Å². The summed E-state index contributed by atoms with van der Waals surface area (Å²) in [6, 6.07) is 1.54. The summed E-state index contributed by atoms with van der Waals surface area (Å²) >= 11 is 11.6. The van der Waals surface area contributed by atoms with E-state index in [1.54, 1.807) is 6.07 Å². The van der Waals surface area contributed by atoms with Crippen LogP contribution in [0.2, 0.25) is 10.0 Å². The third-order valence-electron chi connectivity index (χ3n) is 1.99. The van der Waals surface area contributed by atoms with Crippen molar-refractivity contribution in [3.8, 4) is 5.88 Å². The number of nitrogens with one attached hydrogen (secondary N) is 1.